The van der Waals surface area contributed by atoms with Gasteiger partial charge in [-0.15, -0.1) is 0 Å². The summed E-state index contributed by atoms with van der Waals surface area (Å²) in [5.74, 6) is 4.11. The average Bonchev–Trinajstić information content (AvgIpc) is 2.62. The number of nitrogens with zero attached hydrogens (tertiary/aromatic N) is 2. The van der Waals surface area contributed by atoms with E-state index < -0.39 is 9.71 Å². The van der Waals surface area contributed by atoms with Crippen molar-refractivity contribution in [3.05, 3.63) is 60.4 Å². The Kier molecular flexibility index (Phi) is 5.13. The second-order valence-electron chi connectivity index (χ2n) is 6.14. The molecule has 0 N–H and O–H groups in total. The summed E-state index contributed by atoms with van der Waals surface area (Å²) in [4.78, 5) is 5.02. The monoisotopic (exact) mass is 328 g/mol. The number of pyridine rings is 1. The smallest absolute Gasteiger partial charge is 0.0561 e. The summed E-state index contributed by atoms with van der Waals surface area (Å²) in [6.07, 6.45) is 9.10. The van der Waals surface area contributed by atoms with Crippen molar-refractivity contribution in [1.29, 1.82) is 0 Å². The van der Waals surface area contributed by atoms with E-state index in [1.54, 1.807) is 6.20 Å². The highest BCUT2D eigenvalue weighted by Crippen LogP contribution is 2.27. The first-order chi connectivity index (χ1) is 11.2. The van der Waals surface area contributed by atoms with Crippen LogP contribution in [-0.2, 0) is 16.1 Å². The normalized spacial score (nSPS) is 21.7. The summed E-state index contributed by atoms with van der Waals surface area (Å²) in [5, 5.41) is 0. The zero-order valence-corrected chi connectivity index (χ0v) is 14.3. The first kappa shape index (κ1) is 16.2. The van der Waals surface area contributed by atoms with E-state index in [1.807, 2.05) is 42.6 Å². The van der Waals surface area contributed by atoms with Gasteiger partial charge < -0.3 is 0 Å². The van der Waals surface area contributed by atoms with Crippen molar-refractivity contribution < 1.29 is 4.21 Å². The molecule has 3 rings (SSSR count). The maximum absolute atomic E-state index is 13.4. The molecule has 2 aromatic rings. The minimum atomic E-state index is -2.40. The van der Waals surface area contributed by atoms with Gasteiger partial charge in [0, 0.05) is 29.9 Å². The summed E-state index contributed by atoms with van der Waals surface area (Å²) in [6.45, 7) is 0.870. The standard InChI is InChI=1S/C19H24N2OS/c1-23(22,19-10-3-2-4-11-19)21-15-6-5-9-18(21)13-12-17-8-7-14-20-16-17/h2-4,7-8,10-11,14,16,18H,1,5-6,9,12-13,15H2. The number of benzene rings is 1. The Morgan fingerprint density at radius 2 is 2.00 bits per heavy atom. The molecule has 0 aliphatic carbocycles. The van der Waals surface area contributed by atoms with E-state index in [9.17, 15) is 4.21 Å². The Labute approximate surface area is 139 Å². The maximum atomic E-state index is 13.4. The Morgan fingerprint density at radius 3 is 2.74 bits per heavy atom. The highest BCUT2D eigenvalue weighted by Gasteiger charge is 2.29. The van der Waals surface area contributed by atoms with Crippen molar-refractivity contribution in [2.45, 2.75) is 43.0 Å². The SMILES string of the molecule is C=S(=O)(c1ccccc1)N1CCCCC1CCc1cccnc1. The van der Waals surface area contributed by atoms with Crippen LogP contribution in [0.25, 0.3) is 0 Å². The summed E-state index contributed by atoms with van der Waals surface area (Å²) in [6, 6.07) is 14.1. The molecule has 3 nitrogen and oxygen atoms in total. The second-order valence-corrected chi connectivity index (χ2v) is 8.37. The third-order valence-electron chi connectivity index (χ3n) is 4.55. The van der Waals surface area contributed by atoms with Crippen molar-refractivity contribution in [3.8, 4) is 0 Å². The van der Waals surface area contributed by atoms with Crippen LogP contribution in [-0.4, -0.2) is 32.0 Å². The van der Waals surface area contributed by atoms with Crippen molar-refractivity contribution >= 4 is 15.6 Å². The van der Waals surface area contributed by atoms with Gasteiger partial charge in [-0.05, 0) is 55.3 Å². The first-order valence-electron chi connectivity index (χ1n) is 8.26. The van der Waals surface area contributed by atoms with E-state index in [-0.39, 0.29) is 0 Å². The Bertz CT molecular complexity index is 714. The Balaban J connectivity index is 1.76. The molecule has 2 atom stereocenters. The topological polar surface area (TPSA) is 33.2 Å². The first-order valence-corrected chi connectivity index (χ1v) is 9.94. The number of hydrogen-bond acceptors (Lipinski definition) is 2. The van der Waals surface area contributed by atoms with Crippen LogP contribution in [0.2, 0.25) is 0 Å². The van der Waals surface area contributed by atoms with Crippen LogP contribution in [0, 0.1) is 0 Å². The largest absolute Gasteiger partial charge is 0.264 e. The van der Waals surface area contributed by atoms with Gasteiger partial charge in [0.15, 0.2) is 0 Å². The molecule has 0 bridgehead atoms. The Morgan fingerprint density at radius 1 is 1.17 bits per heavy atom. The van der Waals surface area contributed by atoms with Gasteiger partial charge in [-0.3, -0.25) is 4.98 Å². The highest BCUT2D eigenvalue weighted by atomic mass is 32.2. The zero-order chi connectivity index (χ0) is 16.1. The molecular weight excluding hydrogens is 304 g/mol. The minimum absolute atomic E-state index is 0.328. The van der Waals surface area contributed by atoms with Crippen LogP contribution in [0.3, 0.4) is 0 Å². The molecule has 1 aromatic carbocycles. The van der Waals surface area contributed by atoms with Crippen LogP contribution in [0.15, 0.2) is 59.8 Å². The van der Waals surface area contributed by atoms with Crippen LogP contribution in [0.1, 0.15) is 31.2 Å². The predicted octanol–water partition coefficient (Wildman–Crippen LogP) is 3.56. The van der Waals surface area contributed by atoms with Crippen molar-refractivity contribution in [1.82, 2.24) is 9.29 Å². The van der Waals surface area contributed by atoms with Crippen LogP contribution >= 0.6 is 0 Å². The van der Waals surface area contributed by atoms with E-state index in [1.165, 1.54) is 12.0 Å². The summed E-state index contributed by atoms with van der Waals surface area (Å²) >= 11 is 0. The van der Waals surface area contributed by atoms with Gasteiger partial charge >= 0.3 is 0 Å². The average molecular weight is 328 g/mol. The third-order valence-corrected chi connectivity index (χ3v) is 6.80. The van der Waals surface area contributed by atoms with Gasteiger partial charge in [-0.1, -0.05) is 30.7 Å². The fourth-order valence-corrected chi connectivity index (χ4v) is 5.27. The van der Waals surface area contributed by atoms with Gasteiger partial charge in [-0.2, -0.15) is 0 Å². The molecular formula is C19H24N2OS. The summed E-state index contributed by atoms with van der Waals surface area (Å²) in [7, 11) is -2.40. The van der Waals surface area contributed by atoms with Gasteiger partial charge in [0.1, 0.15) is 0 Å². The molecule has 23 heavy (non-hydrogen) atoms. The third kappa shape index (κ3) is 3.82. The fraction of sp³-hybridized carbons (Fsp3) is 0.368. The predicted molar refractivity (Wildman–Crippen MR) is 96.9 cm³/mol. The molecule has 1 fully saturated rings. The number of aromatic nitrogens is 1. The van der Waals surface area contributed by atoms with E-state index >= 15 is 0 Å². The van der Waals surface area contributed by atoms with Gasteiger partial charge in [-0.25, -0.2) is 8.51 Å². The molecule has 0 radical (unpaired) electrons. The molecule has 0 spiro atoms. The van der Waals surface area contributed by atoms with E-state index in [0.717, 1.165) is 37.1 Å². The molecule has 0 amide bonds. The summed E-state index contributed by atoms with van der Waals surface area (Å²) < 4.78 is 15.5. The number of aryl methyl sites for hydroxylation is 1. The van der Waals surface area contributed by atoms with Crippen LogP contribution in [0.5, 0.6) is 0 Å². The zero-order valence-electron chi connectivity index (χ0n) is 13.4. The maximum Gasteiger partial charge on any atom is 0.0561 e. The number of piperidine rings is 1. The lowest BCUT2D eigenvalue weighted by Gasteiger charge is -2.37. The Hall–Kier alpha value is -1.65. The molecule has 0 saturated carbocycles. The highest BCUT2D eigenvalue weighted by molar-refractivity contribution is 7.98. The molecule has 1 aromatic heterocycles. The molecule has 2 heterocycles. The lowest BCUT2D eigenvalue weighted by atomic mass is 9.98. The van der Waals surface area contributed by atoms with Crippen molar-refractivity contribution in [2.24, 2.45) is 0 Å². The lowest BCUT2D eigenvalue weighted by molar-refractivity contribution is 0.250. The molecule has 1 aliphatic rings. The lowest BCUT2D eigenvalue weighted by Crippen LogP contribution is -2.43. The van der Waals surface area contributed by atoms with E-state index in [2.05, 4.69) is 21.2 Å². The van der Waals surface area contributed by atoms with Crippen molar-refractivity contribution in [3.63, 3.8) is 0 Å². The van der Waals surface area contributed by atoms with E-state index in [4.69, 9.17) is 0 Å². The van der Waals surface area contributed by atoms with E-state index in [0.29, 0.717) is 6.04 Å². The molecule has 1 aliphatic heterocycles. The molecule has 1 saturated heterocycles. The molecule has 122 valence electrons. The van der Waals surface area contributed by atoms with Crippen molar-refractivity contribution in [2.75, 3.05) is 6.54 Å². The minimum Gasteiger partial charge on any atom is -0.264 e. The second kappa shape index (κ2) is 7.28. The van der Waals surface area contributed by atoms with Crippen LogP contribution < -0.4 is 0 Å². The molecule has 2 unspecified atom stereocenters. The van der Waals surface area contributed by atoms with Gasteiger partial charge in [0.2, 0.25) is 0 Å². The van der Waals surface area contributed by atoms with Gasteiger partial charge in [0.05, 0.1) is 9.71 Å². The fourth-order valence-electron chi connectivity index (χ4n) is 3.30. The number of hydrogen-bond donors (Lipinski definition) is 0. The summed E-state index contributed by atoms with van der Waals surface area (Å²) in [5.41, 5.74) is 1.24. The van der Waals surface area contributed by atoms with Crippen LogP contribution in [0.4, 0.5) is 0 Å². The molecule has 4 heteroatoms. The quantitative estimate of drug-likeness (QED) is 0.786. The number of rotatable bonds is 5. The van der Waals surface area contributed by atoms with Gasteiger partial charge in [0.25, 0.3) is 0 Å².